The van der Waals surface area contributed by atoms with Crippen molar-refractivity contribution in [2.24, 2.45) is 0 Å². The number of nitrogens with zero attached hydrogens (tertiary/aromatic N) is 4. The average Bonchev–Trinajstić information content (AvgIpc) is 3.26. The smallest absolute Gasteiger partial charge is 0.209 e. The standard InChI is InChI=1S/C23H31FN4O3S/c24-18-1-2-22(31-20-6-11-29-12-7-20)21(13-18)17-3-8-27(9-4-17)19-5-10-28(16-30-14-19)23-26-25-15-32-23/h1-2,13,15,17,19-20H,3-12,14,16H2/t19-/m0/s1. The molecule has 5 rings (SSSR count). The van der Waals surface area contributed by atoms with Crippen molar-refractivity contribution in [2.75, 3.05) is 51.1 Å². The predicted molar refractivity (Wildman–Crippen MR) is 121 cm³/mol. The number of rotatable bonds is 5. The minimum absolute atomic E-state index is 0.159. The highest BCUT2D eigenvalue weighted by atomic mass is 32.1. The molecule has 0 spiro atoms. The number of aromatic nitrogens is 2. The van der Waals surface area contributed by atoms with Crippen molar-refractivity contribution >= 4 is 16.5 Å². The van der Waals surface area contributed by atoms with Gasteiger partial charge in [0.25, 0.3) is 0 Å². The van der Waals surface area contributed by atoms with E-state index in [2.05, 4.69) is 20.0 Å². The molecule has 1 atom stereocenters. The van der Waals surface area contributed by atoms with Crippen molar-refractivity contribution in [2.45, 2.75) is 50.2 Å². The molecule has 0 N–H and O–H groups in total. The molecule has 174 valence electrons. The van der Waals surface area contributed by atoms with Gasteiger partial charge in [-0.05, 0) is 56.5 Å². The Kier molecular flexibility index (Phi) is 7.16. The maximum Gasteiger partial charge on any atom is 0.209 e. The second kappa shape index (κ2) is 10.4. The first-order valence-corrected chi connectivity index (χ1v) is 12.5. The van der Waals surface area contributed by atoms with Crippen LogP contribution in [0, 0.1) is 5.82 Å². The fourth-order valence-corrected chi connectivity index (χ4v) is 5.57. The quantitative estimate of drug-likeness (QED) is 0.672. The summed E-state index contributed by atoms with van der Waals surface area (Å²) in [5.41, 5.74) is 2.78. The Hall–Kier alpha value is -1.81. The van der Waals surface area contributed by atoms with Crippen molar-refractivity contribution in [3.8, 4) is 5.75 Å². The Morgan fingerprint density at radius 2 is 1.88 bits per heavy atom. The number of piperidine rings is 1. The number of anilines is 1. The van der Waals surface area contributed by atoms with Crippen LogP contribution in [0.15, 0.2) is 23.7 Å². The number of halogens is 1. The molecule has 0 aliphatic carbocycles. The third-order valence-corrected chi connectivity index (χ3v) is 7.58. The number of hydrogen-bond donors (Lipinski definition) is 0. The average molecular weight is 463 g/mol. The van der Waals surface area contributed by atoms with Crippen molar-refractivity contribution in [3.05, 3.63) is 35.1 Å². The number of likely N-dealkylation sites (tertiary alicyclic amines) is 1. The summed E-state index contributed by atoms with van der Waals surface area (Å²) in [6.45, 7) is 5.68. The molecule has 9 heteroatoms. The van der Waals surface area contributed by atoms with Gasteiger partial charge in [-0.25, -0.2) is 4.39 Å². The lowest BCUT2D eigenvalue weighted by Crippen LogP contribution is -2.43. The van der Waals surface area contributed by atoms with Crippen LogP contribution in [0.25, 0.3) is 0 Å². The summed E-state index contributed by atoms with van der Waals surface area (Å²) < 4.78 is 31.9. The molecular weight excluding hydrogens is 431 g/mol. The normalized spacial score (nSPS) is 24.4. The summed E-state index contributed by atoms with van der Waals surface area (Å²) in [4.78, 5) is 4.70. The summed E-state index contributed by atoms with van der Waals surface area (Å²) in [5, 5.41) is 9.04. The molecule has 0 radical (unpaired) electrons. The highest BCUT2D eigenvalue weighted by Crippen LogP contribution is 2.37. The monoisotopic (exact) mass is 462 g/mol. The molecule has 0 saturated carbocycles. The topological polar surface area (TPSA) is 60.0 Å². The molecule has 4 heterocycles. The largest absolute Gasteiger partial charge is 0.490 e. The highest BCUT2D eigenvalue weighted by Gasteiger charge is 2.30. The molecule has 3 aliphatic heterocycles. The van der Waals surface area contributed by atoms with Crippen LogP contribution < -0.4 is 9.64 Å². The van der Waals surface area contributed by atoms with Gasteiger partial charge in [0.05, 0.1) is 19.8 Å². The van der Waals surface area contributed by atoms with Crippen LogP contribution >= 0.6 is 11.3 Å². The molecule has 3 saturated heterocycles. The Morgan fingerprint density at radius 3 is 2.66 bits per heavy atom. The molecule has 0 unspecified atom stereocenters. The van der Waals surface area contributed by atoms with E-state index in [0.29, 0.717) is 18.7 Å². The minimum Gasteiger partial charge on any atom is -0.490 e. The maximum atomic E-state index is 14.1. The van der Waals surface area contributed by atoms with Crippen LogP contribution in [0.3, 0.4) is 0 Å². The minimum atomic E-state index is -0.185. The number of benzene rings is 1. The molecule has 1 aromatic carbocycles. The summed E-state index contributed by atoms with van der Waals surface area (Å²) in [7, 11) is 0. The third kappa shape index (κ3) is 5.22. The van der Waals surface area contributed by atoms with E-state index in [1.165, 1.54) is 6.07 Å². The SMILES string of the molecule is Fc1ccc(OC2CCOCC2)c(C2CCN([C@H]3CCN(c4nncs4)COC3)CC2)c1. The molecular formula is C23H31FN4O3S. The van der Waals surface area contributed by atoms with Gasteiger partial charge in [0.2, 0.25) is 5.13 Å². The van der Waals surface area contributed by atoms with Crippen molar-refractivity contribution < 1.29 is 18.6 Å². The summed E-state index contributed by atoms with van der Waals surface area (Å²) in [6.07, 6.45) is 5.00. The summed E-state index contributed by atoms with van der Waals surface area (Å²) in [6, 6.07) is 5.41. The first kappa shape index (κ1) is 22.0. The van der Waals surface area contributed by atoms with E-state index in [-0.39, 0.29) is 11.9 Å². The van der Waals surface area contributed by atoms with E-state index in [4.69, 9.17) is 14.2 Å². The lowest BCUT2D eigenvalue weighted by molar-refractivity contribution is 0.0246. The summed E-state index contributed by atoms with van der Waals surface area (Å²) in [5.74, 6) is 0.985. The molecule has 0 bridgehead atoms. The highest BCUT2D eigenvalue weighted by molar-refractivity contribution is 7.13. The first-order chi connectivity index (χ1) is 15.8. The second-order valence-corrected chi connectivity index (χ2v) is 9.66. The molecule has 0 amide bonds. The Morgan fingerprint density at radius 1 is 1.03 bits per heavy atom. The Bertz CT molecular complexity index is 857. The van der Waals surface area contributed by atoms with Crippen LogP contribution in [0.5, 0.6) is 5.75 Å². The third-order valence-electron chi connectivity index (χ3n) is 6.83. The number of ether oxygens (including phenoxy) is 3. The zero-order valence-electron chi connectivity index (χ0n) is 18.3. The van der Waals surface area contributed by atoms with Crippen molar-refractivity contribution in [1.29, 1.82) is 0 Å². The van der Waals surface area contributed by atoms with Gasteiger partial charge in [-0.2, -0.15) is 0 Å². The van der Waals surface area contributed by atoms with Gasteiger partial charge in [0.1, 0.15) is 29.9 Å². The van der Waals surface area contributed by atoms with E-state index in [9.17, 15) is 4.39 Å². The lowest BCUT2D eigenvalue weighted by Gasteiger charge is -2.37. The predicted octanol–water partition coefficient (Wildman–Crippen LogP) is 3.67. The van der Waals surface area contributed by atoms with E-state index in [1.807, 2.05) is 6.07 Å². The van der Waals surface area contributed by atoms with Crippen molar-refractivity contribution in [3.63, 3.8) is 0 Å². The fraction of sp³-hybridized carbons (Fsp3) is 0.652. The van der Waals surface area contributed by atoms with Gasteiger partial charge < -0.3 is 19.1 Å². The van der Waals surface area contributed by atoms with Crippen LogP contribution in [0.4, 0.5) is 9.52 Å². The van der Waals surface area contributed by atoms with Gasteiger partial charge in [-0.3, -0.25) is 4.90 Å². The van der Waals surface area contributed by atoms with Gasteiger partial charge in [0.15, 0.2) is 0 Å². The van der Waals surface area contributed by atoms with Crippen molar-refractivity contribution in [1.82, 2.24) is 15.1 Å². The van der Waals surface area contributed by atoms with E-state index in [1.54, 1.807) is 22.9 Å². The number of hydrogen-bond acceptors (Lipinski definition) is 8. The maximum absolute atomic E-state index is 14.1. The molecule has 32 heavy (non-hydrogen) atoms. The van der Waals surface area contributed by atoms with Crippen LogP contribution in [-0.2, 0) is 9.47 Å². The molecule has 3 fully saturated rings. The molecule has 3 aliphatic rings. The Labute approximate surface area is 192 Å². The lowest BCUT2D eigenvalue weighted by atomic mass is 9.88. The second-order valence-electron chi connectivity index (χ2n) is 8.85. The van der Waals surface area contributed by atoms with Crippen LogP contribution in [0.2, 0.25) is 0 Å². The first-order valence-electron chi connectivity index (χ1n) is 11.6. The molecule has 7 nitrogen and oxygen atoms in total. The van der Waals surface area contributed by atoms with Crippen LogP contribution in [-0.4, -0.2) is 73.4 Å². The van der Waals surface area contributed by atoms with Gasteiger partial charge in [-0.15, -0.1) is 10.2 Å². The zero-order valence-corrected chi connectivity index (χ0v) is 19.1. The van der Waals surface area contributed by atoms with Crippen LogP contribution in [0.1, 0.15) is 43.6 Å². The van der Waals surface area contributed by atoms with Gasteiger partial charge >= 0.3 is 0 Å². The van der Waals surface area contributed by atoms with Gasteiger partial charge in [0, 0.05) is 31.0 Å². The van der Waals surface area contributed by atoms with E-state index < -0.39 is 0 Å². The van der Waals surface area contributed by atoms with E-state index in [0.717, 1.165) is 88.0 Å². The van der Waals surface area contributed by atoms with Gasteiger partial charge in [-0.1, -0.05) is 11.3 Å². The fourth-order valence-electron chi connectivity index (χ4n) is 4.99. The zero-order chi connectivity index (χ0) is 21.8. The van der Waals surface area contributed by atoms with E-state index >= 15 is 0 Å². The Balaban J connectivity index is 1.19. The summed E-state index contributed by atoms with van der Waals surface area (Å²) >= 11 is 1.55. The molecule has 2 aromatic rings. The molecule has 1 aromatic heterocycles.